The minimum absolute atomic E-state index is 0.00467. The molecule has 2 fully saturated rings. The summed E-state index contributed by atoms with van der Waals surface area (Å²) in [5, 5.41) is 16.8. The van der Waals surface area contributed by atoms with E-state index in [1.807, 2.05) is 13.0 Å². The van der Waals surface area contributed by atoms with Crippen LogP contribution in [0.25, 0.3) is 0 Å². The van der Waals surface area contributed by atoms with Crippen molar-refractivity contribution in [1.82, 2.24) is 20.0 Å². The number of hydrogen-bond donors (Lipinski definition) is 2. The summed E-state index contributed by atoms with van der Waals surface area (Å²) >= 11 is 0. The van der Waals surface area contributed by atoms with E-state index in [1.54, 1.807) is 21.9 Å². The number of ether oxygens (including phenoxy) is 1. The molecule has 2 atom stereocenters. The van der Waals surface area contributed by atoms with Gasteiger partial charge in [0, 0.05) is 30.6 Å². The van der Waals surface area contributed by atoms with Gasteiger partial charge in [0.1, 0.15) is 5.75 Å². The van der Waals surface area contributed by atoms with Crippen LogP contribution >= 0.6 is 0 Å². The summed E-state index contributed by atoms with van der Waals surface area (Å²) in [6, 6.07) is 7.62. The summed E-state index contributed by atoms with van der Waals surface area (Å²) in [4.78, 5) is 16.2. The van der Waals surface area contributed by atoms with Crippen molar-refractivity contribution in [2.24, 2.45) is 0 Å². The molecule has 3 heterocycles. The summed E-state index contributed by atoms with van der Waals surface area (Å²) in [5.41, 5.74) is 2.61. The number of carbonyl (C=O) groups excluding carboxylic acids is 1. The number of amides is 2. The van der Waals surface area contributed by atoms with Gasteiger partial charge in [-0.15, -0.1) is 13.2 Å². The molecule has 1 aromatic carbocycles. The number of aliphatic hydroxyl groups excluding tert-OH is 1. The number of β-amino-alcohol motifs (C(OH)–C–C–N with tert-alkyl or cyclic N) is 1. The first-order chi connectivity index (χ1) is 14.2. The van der Waals surface area contributed by atoms with Gasteiger partial charge in [0.15, 0.2) is 0 Å². The number of aromatic nitrogens is 2. The van der Waals surface area contributed by atoms with Crippen molar-refractivity contribution in [2.75, 3.05) is 26.2 Å². The number of alkyl halides is 3. The third-order valence-corrected chi connectivity index (χ3v) is 5.58. The fourth-order valence-corrected chi connectivity index (χ4v) is 4.11. The normalized spacial score (nSPS) is 22.7. The smallest absolute Gasteiger partial charge is 0.406 e. The molecule has 1 aromatic heterocycles. The van der Waals surface area contributed by atoms with Crippen LogP contribution in [0.1, 0.15) is 35.2 Å². The number of aliphatic hydroxyl groups is 1. The maximum Gasteiger partial charge on any atom is 0.573 e. The van der Waals surface area contributed by atoms with Gasteiger partial charge < -0.3 is 19.6 Å². The van der Waals surface area contributed by atoms with E-state index in [9.17, 15) is 23.1 Å². The highest BCUT2D eigenvalue weighted by atomic mass is 19.4. The number of hydrogen-bond acceptors (Lipinski definition) is 4. The van der Waals surface area contributed by atoms with Crippen LogP contribution in [-0.4, -0.2) is 69.8 Å². The number of nitrogens with zero attached hydrogens (tertiary/aromatic N) is 3. The fourth-order valence-electron chi connectivity index (χ4n) is 4.11. The molecule has 7 nitrogen and oxygen atoms in total. The maximum atomic E-state index is 12.9. The quantitative estimate of drug-likeness (QED) is 0.794. The van der Waals surface area contributed by atoms with Crippen molar-refractivity contribution in [3.63, 3.8) is 0 Å². The van der Waals surface area contributed by atoms with Crippen LogP contribution in [0.5, 0.6) is 5.75 Å². The lowest BCUT2D eigenvalue weighted by atomic mass is 9.83. The Bertz CT molecular complexity index is 893. The highest BCUT2D eigenvalue weighted by molar-refractivity contribution is 5.75. The Kier molecular flexibility index (Phi) is 5.35. The summed E-state index contributed by atoms with van der Waals surface area (Å²) in [6.07, 6.45) is -4.50. The Morgan fingerprint density at radius 2 is 1.77 bits per heavy atom. The minimum Gasteiger partial charge on any atom is -0.406 e. The topological polar surface area (TPSA) is 81.7 Å². The Hall–Kier alpha value is -2.75. The standard InChI is InChI=1S/C20H23F3N4O3/c1-12-6-18(25-24-12)15-7-14(8-26(9-15)19(29)27-10-16(28)11-27)13-2-4-17(5-3-13)30-20(21,22)23/h2-6,14-16,28H,7-11H2,1H3,(H,24,25). The van der Waals surface area contributed by atoms with Crippen LogP contribution < -0.4 is 4.74 Å². The number of H-pyrrole nitrogens is 1. The number of piperidine rings is 1. The predicted molar refractivity (Wildman–Crippen MR) is 101 cm³/mol. The molecule has 0 spiro atoms. The van der Waals surface area contributed by atoms with E-state index >= 15 is 0 Å². The molecule has 162 valence electrons. The Balaban J connectivity index is 1.54. The lowest BCUT2D eigenvalue weighted by Gasteiger charge is -2.43. The third kappa shape index (κ3) is 4.53. The zero-order valence-corrected chi connectivity index (χ0v) is 16.4. The average molecular weight is 424 g/mol. The molecule has 2 aliphatic heterocycles. The molecule has 10 heteroatoms. The van der Waals surface area contributed by atoms with E-state index in [2.05, 4.69) is 14.9 Å². The number of aromatic amines is 1. The van der Waals surface area contributed by atoms with Gasteiger partial charge in [-0.1, -0.05) is 12.1 Å². The van der Waals surface area contributed by atoms with Gasteiger partial charge in [0.05, 0.1) is 24.9 Å². The molecule has 2 aromatic rings. The first-order valence-electron chi connectivity index (χ1n) is 9.77. The third-order valence-electron chi connectivity index (χ3n) is 5.58. The van der Waals surface area contributed by atoms with Crippen LogP contribution in [0.4, 0.5) is 18.0 Å². The van der Waals surface area contributed by atoms with E-state index in [0.717, 1.165) is 23.4 Å². The number of rotatable bonds is 3. The van der Waals surface area contributed by atoms with Gasteiger partial charge in [-0.3, -0.25) is 5.10 Å². The Morgan fingerprint density at radius 1 is 1.13 bits per heavy atom. The summed E-state index contributed by atoms with van der Waals surface area (Å²) in [6.45, 7) is 3.48. The SMILES string of the molecule is Cc1cc(C2CC(c3ccc(OC(F)(F)F)cc3)CN(C(=O)N3CC(O)C3)C2)n[nH]1. The Labute approximate surface area is 171 Å². The first kappa shape index (κ1) is 20.5. The van der Waals surface area contributed by atoms with Crippen LogP contribution in [0.3, 0.4) is 0 Å². The number of halogens is 3. The van der Waals surface area contributed by atoms with Crippen molar-refractivity contribution < 1.29 is 27.8 Å². The number of likely N-dealkylation sites (tertiary alicyclic amines) is 2. The van der Waals surface area contributed by atoms with Crippen LogP contribution in [0, 0.1) is 6.92 Å². The molecular formula is C20H23F3N4O3. The van der Waals surface area contributed by atoms with Gasteiger partial charge in [0.25, 0.3) is 0 Å². The fraction of sp³-hybridized carbons (Fsp3) is 0.500. The number of benzene rings is 1. The molecular weight excluding hydrogens is 401 g/mol. The average Bonchev–Trinajstić information content (AvgIpc) is 3.10. The summed E-state index contributed by atoms with van der Waals surface area (Å²) < 4.78 is 41.2. The van der Waals surface area contributed by atoms with Gasteiger partial charge in [-0.2, -0.15) is 5.10 Å². The van der Waals surface area contributed by atoms with Crippen LogP contribution in [0.2, 0.25) is 0 Å². The van der Waals surface area contributed by atoms with E-state index in [1.165, 1.54) is 12.1 Å². The molecule has 2 aliphatic rings. The monoisotopic (exact) mass is 424 g/mol. The first-order valence-corrected chi connectivity index (χ1v) is 9.77. The molecule has 2 saturated heterocycles. The largest absolute Gasteiger partial charge is 0.573 e. The van der Waals surface area contributed by atoms with Crippen molar-refractivity contribution in [3.8, 4) is 5.75 Å². The zero-order chi connectivity index (χ0) is 21.5. The van der Waals surface area contributed by atoms with Crippen molar-refractivity contribution in [2.45, 2.75) is 37.6 Å². The molecule has 0 saturated carbocycles. The Morgan fingerprint density at radius 3 is 2.33 bits per heavy atom. The van der Waals surface area contributed by atoms with Crippen molar-refractivity contribution in [3.05, 3.63) is 47.3 Å². The highest BCUT2D eigenvalue weighted by Gasteiger charge is 2.38. The molecule has 2 amide bonds. The van der Waals surface area contributed by atoms with Gasteiger partial charge in [-0.25, -0.2) is 4.79 Å². The van der Waals surface area contributed by atoms with E-state index in [-0.39, 0.29) is 23.6 Å². The minimum atomic E-state index is -4.74. The van der Waals surface area contributed by atoms with E-state index in [4.69, 9.17) is 0 Å². The number of urea groups is 1. The van der Waals surface area contributed by atoms with Gasteiger partial charge in [0.2, 0.25) is 0 Å². The van der Waals surface area contributed by atoms with Crippen molar-refractivity contribution in [1.29, 1.82) is 0 Å². The molecule has 0 aliphatic carbocycles. The second kappa shape index (κ2) is 7.82. The molecule has 0 radical (unpaired) electrons. The van der Waals surface area contributed by atoms with Gasteiger partial charge >= 0.3 is 12.4 Å². The lowest BCUT2D eigenvalue weighted by molar-refractivity contribution is -0.274. The molecule has 2 N–H and O–H groups in total. The lowest BCUT2D eigenvalue weighted by Crippen LogP contribution is -2.59. The number of carbonyl (C=O) groups is 1. The predicted octanol–water partition coefficient (Wildman–Crippen LogP) is 2.99. The number of aryl methyl sites for hydroxylation is 1. The van der Waals surface area contributed by atoms with E-state index in [0.29, 0.717) is 26.2 Å². The van der Waals surface area contributed by atoms with Crippen LogP contribution in [-0.2, 0) is 0 Å². The molecule has 30 heavy (non-hydrogen) atoms. The second-order valence-electron chi connectivity index (χ2n) is 7.97. The summed E-state index contributed by atoms with van der Waals surface area (Å²) in [7, 11) is 0. The molecule has 4 rings (SSSR count). The highest BCUT2D eigenvalue weighted by Crippen LogP contribution is 2.37. The van der Waals surface area contributed by atoms with Gasteiger partial charge in [-0.05, 0) is 37.1 Å². The maximum absolute atomic E-state index is 12.9. The molecule has 0 bridgehead atoms. The van der Waals surface area contributed by atoms with E-state index < -0.39 is 12.5 Å². The summed E-state index contributed by atoms with van der Waals surface area (Å²) in [5.74, 6) is -0.338. The second-order valence-corrected chi connectivity index (χ2v) is 7.97. The van der Waals surface area contributed by atoms with Crippen molar-refractivity contribution >= 4 is 6.03 Å². The number of nitrogens with one attached hydrogen (secondary N) is 1. The zero-order valence-electron chi connectivity index (χ0n) is 16.4. The molecule has 2 unspecified atom stereocenters. The van der Waals surface area contributed by atoms with Crippen LogP contribution in [0.15, 0.2) is 30.3 Å².